The van der Waals surface area contributed by atoms with Crippen LogP contribution in [-0.2, 0) is 11.0 Å². The van der Waals surface area contributed by atoms with E-state index in [1.165, 1.54) is 24.3 Å². The SMILES string of the molecule is O=S(Nc1cccc(OC(F)(F)F)c1)c1cc(Cl)c(Oc2ccccc2Cl)c(Cl)c1. The molecule has 1 atom stereocenters. The quantitative estimate of drug-likeness (QED) is 0.385. The Kier molecular flexibility index (Phi) is 7.02. The van der Waals surface area contributed by atoms with Crippen molar-refractivity contribution in [1.82, 2.24) is 0 Å². The van der Waals surface area contributed by atoms with E-state index in [2.05, 4.69) is 9.46 Å². The summed E-state index contributed by atoms with van der Waals surface area (Å²) in [5.74, 6) is -0.00625. The molecule has 0 saturated heterocycles. The molecule has 0 aliphatic rings. The molecule has 11 heteroatoms. The zero-order valence-corrected chi connectivity index (χ0v) is 17.8. The smallest absolute Gasteiger partial charge is 0.453 e. The maximum atomic E-state index is 12.6. The molecule has 0 aliphatic heterocycles. The molecule has 1 unspecified atom stereocenters. The number of para-hydroxylation sites is 1. The monoisotopic (exact) mass is 495 g/mol. The fraction of sp³-hybridized carbons (Fsp3) is 0.0526. The van der Waals surface area contributed by atoms with Gasteiger partial charge in [-0.1, -0.05) is 53.0 Å². The molecular weight excluding hydrogens is 486 g/mol. The molecule has 0 spiro atoms. The van der Waals surface area contributed by atoms with Crippen molar-refractivity contribution in [1.29, 1.82) is 0 Å². The van der Waals surface area contributed by atoms with E-state index in [1.807, 2.05) is 0 Å². The molecule has 0 aromatic heterocycles. The standard InChI is InChI=1S/C19H11Cl3F3NO3S/c20-14-6-1-2-7-17(14)28-18-15(21)9-13(10-16(18)22)30(27)26-11-4-3-5-12(8-11)29-19(23,24)25/h1-10,26H. The fourth-order valence-electron chi connectivity index (χ4n) is 2.30. The number of anilines is 1. The third-order valence-electron chi connectivity index (χ3n) is 3.51. The largest absolute Gasteiger partial charge is 0.573 e. The van der Waals surface area contributed by atoms with Crippen LogP contribution in [-0.4, -0.2) is 10.6 Å². The normalized spacial score (nSPS) is 12.3. The van der Waals surface area contributed by atoms with Crippen LogP contribution in [0.1, 0.15) is 0 Å². The van der Waals surface area contributed by atoms with E-state index >= 15 is 0 Å². The highest BCUT2D eigenvalue weighted by Crippen LogP contribution is 2.40. The molecule has 0 aliphatic carbocycles. The van der Waals surface area contributed by atoms with Crippen molar-refractivity contribution < 1.29 is 26.9 Å². The van der Waals surface area contributed by atoms with Crippen LogP contribution in [0.25, 0.3) is 0 Å². The van der Waals surface area contributed by atoms with E-state index in [1.54, 1.807) is 24.3 Å². The van der Waals surface area contributed by atoms with Crippen molar-refractivity contribution in [2.24, 2.45) is 0 Å². The van der Waals surface area contributed by atoms with Crippen LogP contribution in [0.4, 0.5) is 18.9 Å². The summed E-state index contributed by atoms with van der Waals surface area (Å²) in [6, 6.07) is 14.3. The molecule has 0 amide bonds. The molecule has 4 nitrogen and oxygen atoms in total. The Labute approximate surface area is 187 Å². The first kappa shape index (κ1) is 22.6. The molecular formula is C19H11Cl3F3NO3S. The van der Waals surface area contributed by atoms with Gasteiger partial charge < -0.3 is 14.2 Å². The number of hydrogen-bond acceptors (Lipinski definition) is 3. The predicted molar refractivity (Wildman–Crippen MR) is 111 cm³/mol. The number of rotatable bonds is 6. The van der Waals surface area contributed by atoms with Crippen LogP contribution < -0.4 is 14.2 Å². The van der Waals surface area contributed by atoms with Crippen LogP contribution in [0, 0.1) is 0 Å². The van der Waals surface area contributed by atoms with Crippen molar-refractivity contribution >= 4 is 51.5 Å². The van der Waals surface area contributed by atoms with E-state index in [0.29, 0.717) is 10.8 Å². The lowest BCUT2D eigenvalue weighted by Crippen LogP contribution is -2.17. The third kappa shape index (κ3) is 5.95. The fourth-order valence-corrected chi connectivity index (χ4v) is 4.08. The molecule has 1 N–H and O–H groups in total. The summed E-state index contributed by atoms with van der Waals surface area (Å²) < 4.78 is 61.7. The molecule has 158 valence electrons. The lowest BCUT2D eigenvalue weighted by atomic mass is 10.3. The van der Waals surface area contributed by atoms with Crippen LogP contribution in [0.2, 0.25) is 15.1 Å². The van der Waals surface area contributed by atoms with Gasteiger partial charge in [-0.3, -0.25) is 0 Å². The second-order valence-corrected chi connectivity index (χ2v) is 8.13. The van der Waals surface area contributed by atoms with Gasteiger partial charge in [0.1, 0.15) is 22.5 Å². The van der Waals surface area contributed by atoms with E-state index in [9.17, 15) is 17.4 Å². The lowest BCUT2D eigenvalue weighted by Gasteiger charge is -2.13. The van der Waals surface area contributed by atoms with Crippen LogP contribution in [0.3, 0.4) is 0 Å². The van der Waals surface area contributed by atoms with Gasteiger partial charge in [0.15, 0.2) is 5.75 Å². The number of alkyl halides is 3. The van der Waals surface area contributed by atoms with Gasteiger partial charge in [0.2, 0.25) is 0 Å². The number of nitrogens with one attached hydrogen (secondary N) is 1. The zero-order chi connectivity index (χ0) is 21.9. The molecule has 3 rings (SSSR count). The minimum atomic E-state index is -4.84. The predicted octanol–water partition coefficient (Wildman–Crippen LogP) is 7.47. The first-order valence-corrected chi connectivity index (χ1v) is 10.4. The molecule has 3 aromatic carbocycles. The first-order valence-electron chi connectivity index (χ1n) is 8.08. The minimum Gasteiger partial charge on any atom is -0.453 e. The number of halogens is 6. The summed E-state index contributed by atoms with van der Waals surface area (Å²) in [5, 5.41) is 0.489. The molecule has 30 heavy (non-hydrogen) atoms. The number of benzene rings is 3. The maximum absolute atomic E-state index is 12.6. The number of hydrogen-bond donors (Lipinski definition) is 1. The third-order valence-corrected chi connectivity index (χ3v) is 5.47. The van der Waals surface area contributed by atoms with Gasteiger partial charge in [0.05, 0.1) is 25.7 Å². The van der Waals surface area contributed by atoms with E-state index in [0.717, 1.165) is 12.1 Å². The topological polar surface area (TPSA) is 47.6 Å². The molecule has 0 bridgehead atoms. The minimum absolute atomic E-state index is 0.0710. The summed E-state index contributed by atoms with van der Waals surface area (Å²) in [7, 11) is -1.88. The van der Waals surface area contributed by atoms with Crippen LogP contribution in [0.15, 0.2) is 65.6 Å². The average Bonchev–Trinajstić information content (AvgIpc) is 2.64. The number of ether oxygens (including phenoxy) is 2. The summed E-state index contributed by atoms with van der Waals surface area (Å²) in [6.45, 7) is 0. The van der Waals surface area contributed by atoms with Crippen molar-refractivity contribution in [2.75, 3.05) is 4.72 Å². The van der Waals surface area contributed by atoms with E-state index in [4.69, 9.17) is 39.5 Å². The highest BCUT2D eigenvalue weighted by atomic mass is 35.5. The van der Waals surface area contributed by atoms with Crippen molar-refractivity contribution in [2.45, 2.75) is 11.3 Å². The second-order valence-electron chi connectivity index (χ2n) is 5.69. The Morgan fingerprint density at radius 2 is 1.53 bits per heavy atom. The maximum Gasteiger partial charge on any atom is 0.573 e. The average molecular weight is 497 g/mol. The van der Waals surface area contributed by atoms with Gasteiger partial charge in [0.25, 0.3) is 0 Å². The van der Waals surface area contributed by atoms with Crippen LogP contribution in [0.5, 0.6) is 17.2 Å². The zero-order valence-electron chi connectivity index (χ0n) is 14.7. The van der Waals surface area contributed by atoms with Gasteiger partial charge in [-0.05, 0) is 36.4 Å². The molecule has 0 saturated carbocycles. The molecule has 0 radical (unpaired) electrons. The van der Waals surface area contributed by atoms with Gasteiger partial charge in [-0.2, -0.15) is 0 Å². The van der Waals surface area contributed by atoms with E-state index < -0.39 is 23.1 Å². The second kappa shape index (κ2) is 9.34. The van der Waals surface area contributed by atoms with Crippen LogP contribution >= 0.6 is 34.8 Å². The van der Waals surface area contributed by atoms with Gasteiger partial charge in [0, 0.05) is 6.07 Å². The summed E-state index contributed by atoms with van der Waals surface area (Å²) in [6.07, 6.45) is -4.84. The van der Waals surface area contributed by atoms with Crippen molar-refractivity contribution in [3.63, 3.8) is 0 Å². The molecule has 3 aromatic rings. The lowest BCUT2D eigenvalue weighted by molar-refractivity contribution is -0.274. The Morgan fingerprint density at radius 3 is 2.17 bits per heavy atom. The highest BCUT2D eigenvalue weighted by molar-refractivity contribution is 7.86. The summed E-state index contributed by atoms with van der Waals surface area (Å²) in [5.41, 5.74) is 0.138. The van der Waals surface area contributed by atoms with Crippen molar-refractivity contribution in [3.8, 4) is 17.2 Å². The first-order chi connectivity index (χ1) is 14.1. The Hall–Kier alpha value is -2.13. The Balaban J connectivity index is 1.79. The molecule has 0 fully saturated rings. The van der Waals surface area contributed by atoms with Gasteiger partial charge in [-0.15, -0.1) is 13.2 Å². The highest BCUT2D eigenvalue weighted by Gasteiger charge is 2.31. The summed E-state index contributed by atoms with van der Waals surface area (Å²) >= 11 is 18.5. The Bertz CT molecular complexity index is 1070. The van der Waals surface area contributed by atoms with Crippen molar-refractivity contribution in [3.05, 3.63) is 75.7 Å². The van der Waals surface area contributed by atoms with E-state index in [-0.39, 0.29) is 26.4 Å². The van der Waals surface area contributed by atoms with Gasteiger partial charge >= 0.3 is 6.36 Å². The van der Waals surface area contributed by atoms with Gasteiger partial charge in [-0.25, -0.2) is 4.21 Å². The summed E-state index contributed by atoms with van der Waals surface area (Å²) in [4.78, 5) is 0.179. The molecule has 0 heterocycles. The Morgan fingerprint density at radius 1 is 0.867 bits per heavy atom.